The molecule has 3 aromatic rings. The maximum absolute atomic E-state index is 12.9. The van der Waals surface area contributed by atoms with Crippen molar-refractivity contribution in [2.24, 2.45) is 0 Å². The molecule has 9 heteroatoms. The first-order valence-corrected chi connectivity index (χ1v) is 12.7. The number of imide groups is 1. The molecule has 186 valence electrons. The third-order valence-electron chi connectivity index (χ3n) is 5.29. The van der Waals surface area contributed by atoms with Crippen LogP contribution in [0.2, 0.25) is 0 Å². The monoisotopic (exact) mass is 569 g/mol. The predicted molar refractivity (Wildman–Crippen MR) is 143 cm³/mol. The van der Waals surface area contributed by atoms with Crippen molar-refractivity contribution in [3.05, 3.63) is 87.2 Å². The largest absolute Gasteiger partial charge is 0.493 e. The van der Waals surface area contributed by atoms with E-state index in [0.29, 0.717) is 44.5 Å². The second kappa shape index (κ2) is 12.0. The number of methoxy groups -OCH3 is 2. The lowest BCUT2D eigenvalue weighted by Crippen LogP contribution is -2.32. The standard InChI is InChI=1S/C27H24BrNO6S/c1-32-21-10-6-7-11-22(21)34-13-12-29-26(30)24(36-27(29)31)16-19-14-20(28)25(23(15-19)33-2)35-17-18-8-4-3-5-9-18/h3-11,14-16H,12-13,17H2,1-2H3/b24-16-. The van der Waals surface area contributed by atoms with Crippen molar-refractivity contribution in [3.63, 3.8) is 0 Å². The number of hydrogen-bond donors (Lipinski definition) is 0. The van der Waals surface area contributed by atoms with Crippen LogP contribution >= 0.6 is 27.7 Å². The predicted octanol–water partition coefficient (Wildman–Crippen LogP) is 6.16. The molecule has 0 spiro atoms. The van der Waals surface area contributed by atoms with E-state index in [1.165, 1.54) is 4.90 Å². The van der Waals surface area contributed by atoms with Gasteiger partial charge in [-0.05, 0) is 69.2 Å². The fraction of sp³-hybridized carbons (Fsp3) is 0.185. The molecule has 4 rings (SSSR count). The van der Waals surface area contributed by atoms with E-state index in [2.05, 4.69) is 15.9 Å². The van der Waals surface area contributed by atoms with Crippen molar-refractivity contribution >= 4 is 44.9 Å². The normalized spacial score (nSPS) is 14.3. The molecule has 1 saturated heterocycles. The molecule has 1 heterocycles. The number of amides is 2. The summed E-state index contributed by atoms with van der Waals surface area (Å²) in [5, 5.41) is -0.344. The highest BCUT2D eigenvalue weighted by Crippen LogP contribution is 2.39. The molecule has 0 aliphatic carbocycles. The van der Waals surface area contributed by atoms with E-state index >= 15 is 0 Å². The number of thioether (sulfide) groups is 1. The molecule has 0 unspecified atom stereocenters. The zero-order chi connectivity index (χ0) is 25.5. The van der Waals surface area contributed by atoms with Crippen LogP contribution in [0.4, 0.5) is 4.79 Å². The Morgan fingerprint density at radius 2 is 1.58 bits per heavy atom. The van der Waals surface area contributed by atoms with Gasteiger partial charge in [0.2, 0.25) is 0 Å². The lowest BCUT2D eigenvalue weighted by Gasteiger charge is -2.15. The maximum atomic E-state index is 12.9. The molecule has 0 atom stereocenters. The molecule has 0 radical (unpaired) electrons. The summed E-state index contributed by atoms with van der Waals surface area (Å²) in [6, 6.07) is 20.6. The average Bonchev–Trinajstić information content (AvgIpc) is 3.15. The Hall–Kier alpha value is -3.43. The minimum Gasteiger partial charge on any atom is -0.493 e. The van der Waals surface area contributed by atoms with E-state index in [1.54, 1.807) is 38.5 Å². The second-order valence-corrected chi connectivity index (χ2v) is 9.49. The third kappa shape index (κ3) is 6.03. The molecular formula is C27H24BrNO6S. The van der Waals surface area contributed by atoms with E-state index in [-0.39, 0.29) is 24.3 Å². The van der Waals surface area contributed by atoms with E-state index in [0.717, 1.165) is 17.3 Å². The van der Waals surface area contributed by atoms with Gasteiger partial charge in [0, 0.05) is 0 Å². The molecule has 1 fully saturated rings. The number of nitrogens with zero attached hydrogens (tertiary/aromatic N) is 1. The Kier molecular flexibility index (Phi) is 8.56. The average molecular weight is 570 g/mol. The minimum absolute atomic E-state index is 0.124. The molecule has 0 N–H and O–H groups in total. The van der Waals surface area contributed by atoms with Gasteiger partial charge in [-0.1, -0.05) is 42.5 Å². The summed E-state index contributed by atoms with van der Waals surface area (Å²) in [5.74, 6) is 1.83. The van der Waals surface area contributed by atoms with Gasteiger partial charge in [0.1, 0.15) is 13.2 Å². The van der Waals surface area contributed by atoms with Crippen molar-refractivity contribution in [1.82, 2.24) is 4.90 Å². The summed E-state index contributed by atoms with van der Waals surface area (Å²) in [7, 11) is 3.11. The second-order valence-electron chi connectivity index (χ2n) is 7.64. The smallest absolute Gasteiger partial charge is 0.293 e. The van der Waals surface area contributed by atoms with E-state index in [9.17, 15) is 9.59 Å². The molecule has 36 heavy (non-hydrogen) atoms. The summed E-state index contributed by atoms with van der Waals surface area (Å²) in [4.78, 5) is 26.9. The van der Waals surface area contributed by atoms with Crippen molar-refractivity contribution in [1.29, 1.82) is 0 Å². The molecule has 0 bridgehead atoms. The molecule has 0 saturated carbocycles. The number of para-hydroxylation sites is 2. The van der Waals surface area contributed by atoms with E-state index in [4.69, 9.17) is 18.9 Å². The van der Waals surface area contributed by atoms with Gasteiger partial charge >= 0.3 is 0 Å². The number of carbonyl (C=O) groups is 2. The number of carbonyl (C=O) groups excluding carboxylic acids is 2. The van der Waals surface area contributed by atoms with Crippen molar-refractivity contribution in [2.45, 2.75) is 6.61 Å². The Morgan fingerprint density at radius 1 is 0.889 bits per heavy atom. The van der Waals surface area contributed by atoms with Crippen molar-refractivity contribution in [3.8, 4) is 23.0 Å². The van der Waals surface area contributed by atoms with Gasteiger partial charge in [0.15, 0.2) is 23.0 Å². The van der Waals surface area contributed by atoms with Crippen LogP contribution in [0.5, 0.6) is 23.0 Å². The molecule has 0 aromatic heterocycles. The van der Waals surface area contributed by atoms with Crippen LogP contribution in [0, 0.1) is 0 Å². The molecule has 7 nitrogen and oxygen atoms in total. The van der Waals surface area contributed by atoms with Crippen LogP contribution in [0.3, 0.4) is 0 Å². The topological polar surface area (TPSA) is 74.3 Å². The Labute approximate surface area is 222 Å². The Balaban J connectivity index is 1.44. The quantitative estimate of drug-likeness (QED) is 0.270. The highest BCUT2D eigenvalue weighted by molar-refractivity contribution is 9.10. The first kappa shape index (κ1) is 25.7. The van der Waals surface area contributed by atoms with E-state index < -0.39 is 0 Å². The fourth-order valence-electron chi connectivity index (χ4n) is 3.52. The van der Waals surface area contributed by atoms with Crippen LogP contribution < -0.4 is 18.9 Å². The van der Waals surface area contributed by atoms with Crippen LogP contribution in [-0.2, 0) is 11.4 Å². The summed E-state index contributed by atoms with van der Waals surface area (Å²) < 4.78 is 23.1. The summed E-state index contributed by atoms with van der Waals surface area (Å²) in [5.41, 5.74) is 1.72. The van der Waals surface area contributed by atoms with Gasteiger partial charge < -0.3 is 18.9 Å². The Morgan fingerprint density at radius 3 is 2.31 bits per heavy atom. The molecule has 2 amide bonds. The van der Waals surface area contributed by atoms with Crippen LogP contribution in [-0.4, -0.2) is 43.4 Å². The summed E-state index contributed by atoms with van der Waals surface area (Å²) >= 11 is 4.43. The van der Waals surface area contributed by atoms with Crippen LogP contribution in [0.25, 0.3) is 6.08 Å². The third-order valence-corrected chi connectivity index (χ3v) is 6.79. The molecule has 1 aliphatic rings. The SMILES string of the molecule is COc1ccccc1OCCN1C(=O)S/C(=C\c2cc(Br)c(OCc3ccccc3)c(OC)c2)C1=O. The number of halogens is 1. The highest BCUT2D eigenvalue weighted by atomic mass is 79.9. The van der Waals surface area contributed by atoms with Gasteiger partial charge in [-0.25, -0.2) is 0 Å². The molecule has 3 aromatic carbocycles. The number of benzene rings is 3. The summed E-state index contributed by atoms with van der Waals surface area (Å²) in [6.07, 6.45) is 1.67. The fourth-order valence-corrected chi connectivity index (χ4v) is 4.96. The first-order chi connectivity index (χ1) is 17.5. The lowest BCUT2D eigenvalue weighted by atomic mass is 10.1. The number of ether oxygens (including phenoxy) is 4. The molecule has 1 aliphatic heterocycles. The van der Waals surface area contributed by atoms with Crippen molar-refractivity contribution < 1.29 is 28.5 Å². The van der Waals surface area contributed by atoms with Gasteiger partial charge in [-0.15, -0.1) is 0 Å². The van der Waals surface area contributed by atoms with Gasteiger partial charge in [-0.2, -0.15) is 0 Å². The summed E-state index contributed by atoms with van der Waals surface area (Å²) in [6.45, 7) is 0.656. The van der Waals surface area contributed by atoms with Crippen LogP contribution in [0.15, 0.2) is 76.1 Å². The molecular weight excluding hydrogens is 546 g/mol. The number of hydrogen-bond acceptors (Lipinski definition) is 7. The van der Waals surface area contributed by atoms with Crippen molar-refractivity contribution in [2.75, 3.05) is 27.4 Å². The number of rotatable bonds is 10. The lowest BCUT2D eigenvalue weighted by molar-refractivity contribution is -0.123. The maximum Gasteiger partial charge on any atom is 0.293 e. The van der Waals surface area contributed by atoms with Gasteiger partial charge in [0.05, 0.1) is 30.1 Å². The highest BCUT2D eigenvalue weighted by Gasteiger charge is 2.35. The van der Waals surface area contributed by atoms with Gasteiger partial charge in [0.25, 0.3) is 11.1 Å². The van der Waals surface area contributed by atoms with Crippen LogP contribution in [0.1, 0.15) is 11.1 Å². The Bertz CT molecular complexity index is 1280. The first-order valence-electron chi connectivity index (χ1n) is 11.1. The van der Waals surface area contributed by atoms with E-state index in [1.807, 2.05) is 48.5 Å². The minimum atomic E-state index is -0.367. The zero-order valence-corrected chi connectivity index (χ0v) is 22.1. The zero-order valence-electron chi connectivity index (χ0n) is 19.7. The van der Waals surface area contributed by atoms with Gasteiger partial charge in [-0.3, -0.25) is 14.5 Å².